The molecular formula is C14H13Br2N. The Morgan fingerprint density at radius 2 is 1.65 bits per heavy atom. The fraction of sp³-hybridized carbons (Fsp3) is 0.143. The number of hydrogen-bond acceptors (Lipinski definition) is 1. The van der Waals surface area contributed by atoms with Crippen LogP contribution < -0.4 is 5.73 Å². The van der Waals surface area contributed by atoms with E-state index in [-0.39, 0.29) is 6.04 Å². The SMILES string of the molecule is Cc1ccc(Br)c(C(N)c2ccc(Br)cc2)c1. The molecule has 0 bridgehead atoms. The molecule has 0 aliphatic carbocycles. The van der Waals surface area contributed by atoms with Crippen LogP contribution in [-0.4, -0.2) is 0 Å². The van der Waals surface area contributed by atoms with Gasteiger partial charge in [0.15, 0.2) is 0 Å². The summed E-state index contributed by atoms with van der Waals surface area (Å²) in [5.74, 6) is 0. The highest BCUT2D eigenvalue weighted by Crippen LogP contribution is 2.28. The molecule has 0 aliphatic heterocycles. The van der Waals surface area contributed by atoms with E-state index >= 15 is 0 Å². The van der Waals surface area contributed by atoms with E-state index in [9.17, 15) is 0 Å². The van der Waals surface area contributed by atoms with Crippen molar-refractivity contribution in [2.24, 2.45) is 5.73 Å². The predicted octanol–water partition coefficient (Wildman–Crippen LogP) is 4.57. The van der Waals surface area contributed by atoms with Crippen molar-refractivity contribution in [3.63, 3.8) is 0 Å². The molecule has 17 heavy (non-hydrogen) atoms. The van der Waals surface area contributed by atoms with Gasteiger partial charge in [0.1, 0.15) is 0 Å². The minimum Gasteiger partial charge on any atom is -0.320 e. The van der Waals surface area contributed by atoms with Crippen LogP contribution in [0.15, 0.2) is 51.4 Å². The fourth-order valence-electron chi connectivity index (χ4n) is 1.75. The summed E-state index contributed by atoms with van der Waals surface area (Å²) in [6.45, 7) is 2.07. The Bertz CT molecular complexity index is 520. The van der Waals surface area contributed by atoms with E-state index in [2.05, 4.69) is 50.9 Å². The lowest BCUT2D eigenvalue weighted by Gasteiger charge is -2.15. The highest BCUT2D eigenvalue weighted by molar-refractivity contribution is 9.10. The second-order valence-electron chi connectivity index (χ2n) is 4.05. The van der Waals surface area contributed by atoms with Gasteiger partial charge in [0.05, 0.1) is 6.04 Å². The minimum atomic E-state index is -0.0997. The number of nitrogens with two attached hydrogens (primary N) is 1. The van der Waals surface area contributed by atoms with Gasteiger partial charge in [-0.15, -0.1) is 0 Å². The lowest BCUT2D eigenvalue weighted by Crippen LogP contribution is -2.12. The summed E-state index contributed by atoms with van der Waals surface area (Å²) in [5.41, 5.74) is 9.74. The Hall–Kier alpha value is -0.640. The molecule has 1 nitrogen and oxygen atoms in total. The molecule has 0 spiro atoms. The van der Waals surface area contributed by atoms with Crippen molar-refractivity contribution in [2.75, 3.05) is 0 Å². The summed E-state index contributed by atoms with van der Waals surface area (Å²) in [6.07, 6.45) is 0. The van der Waals surface area contributed by atoms with Gasteiger partial charge in [0, 0.05) is 8.95 Å². The van der Waals surface area contributed by atoms with Crippen LogP contribution in [0, 0.1) is 6.92 Å². The van der Waals surface area contributed by atoms with Gasteiger partial charge in [-0.3, -0.25) is 0 Å². The predicted molar refractivity (Wildman–Crippen MR) is 79.1 cm³/mol. The Kier molecular flexibility index (Phi) is 4.02. The molecule has 0 saturated heterocycles. The van der Waals surface area contributed by atoms with Gasteiger partial charge in [-0.1, -0.05) is 61.7 Å². The summed E-state index contributed by atoms with van der Waals surface area (Å²) in [4.78, 5) is 0. The maximum absolute atomic E-state index is 6.29. The van der Waals surface area contributed by atoms with Crippen molar-refractivity contribution in [3.05, 3.63) is 68.1 Å². The quantitative estimate of drug-likeness (QED) is 0.839. The van der Waals surface area contributed by atoms with Gasteiger partial charge < -0.3 is 5.73 Å². The smallest absolute Gasteiger partial charge is 0.0562 e. The van der Waals surface area contributed by atoms with Crippen LogP contribution in [0.1, 0.15) is 22.7 Å². The molecule has 2 N–H and O–H groups in total. The van der Waals surface area contributed by atoms with E-state index in [1.54, 1.807) is 0 Å². The van der Waals surface area contributed by atoms with E-state index in [1.165, 1.54) is 5.56 Å². The molecule has 2 rings (SSSR count). The second-order valence-corrected chi connectivity index (χ2v) is 5.82. The average molecular weight is 355 g/mol. The fourth-order valence-corrected chi connectivity index (χ4v) is 2.51. The van der Waals surface area contributed by atoms with E-state index in [0.717, 1.165) is 20.1 Å². The lowest BCUT2D eigenvalue weighted by molar-refractivity contribution is 0.864. The molecular weight excluding hydrogens is 342 g/mol. The van der Waals surface area contributed by atoms with Gasteiger partial charge in [-0.25, -0.2) is 0 Å². The Labute approximate surface area is 118 Å². The Morgan fingerprint density at radius 3 is 2.29 bits per heavy atom. The van der Waals surface area contributed by atoms with Crippen LogP contribution >= 0.6 is 31.9 Å². The molecule has 0 radical (unpaired) electrons. The standard InChI is InChI=1S/C14H13Br2N/c1-9-2-7-13(16)12(8-9)14(17)10-3-5-11(15)6-4-10/h2-8,14H,17H2,1H3. The number of aryl methyl sites for hydroxylation is 1. The van der Waals surface area contributed by atoms with Crippen molar-refractivity contribution < 1.29 is 0 Å². The number of halogens is 2. The van der Waals surface area contributed by atoms with Gasteiger partial charge >= 0.3 is 0 Å². The third-order valence-electron chi connectivity index (χ3n) is 2.72. The molecule has 1 atom stereocenters. The molecule has 0 aliphatic rings. The molecule has 0 aromatic heterocycles. The van der Waals surface area contributed by atoms with Crippen molar-refractivity contribution in [3.8, 4) is 0 Å². The first-order valence-corrected chi connectivity index (χ1v) is 6.93. The van der Waals surface area contributed by atoms with E-state index in [0.29, 0.717) is 0 Å². The van der Waals surface area contributed by atoms with Crippen LogP contribution in [0.3, 0.4) is 0 Å². The topological polar surface area (TPSA) is 26.0 Å². The van der Waals surface area contributed by atoms with E-state index in [4.69, 9.17) is 5.73 Å². The van der Waals surface area contributed by atoms with Gasteiger partial charge in [-0.2, -0.15) is 0 Å². The zero-order valence-corrected chi connectivity index (χ0v) is 12.6. The van der Waals surface area contributed by atoms with E-state index < -0.39 is 0 Å². The molecule has 0 amide bonds. The lowest BCUT2D eigenvalue weighted by atomic mass is 9.98. The first-order valence-electron chi connectivity index (χ1n) is 5.35. The van der Waals surface area contributed by atoms with Gasteiger partial charge in [-0.05, 0) is 36.2 Å². The first-order chi connectivity index (χ1) is 8.08. The van der Waals surface area contributed by atoms with E-state index in [1.807, 2.05) is 30.3 Å². The van der Waals surface area contributed by atoms with Crippen LogP contribution in [-0.2, 0) is 0 Å². The monoisotopic (exact) mass is 353 g/mol. The van der Waals surface area contributed by atoms with Gasteiger partial charge in [0.2, 0.25) is 0 Å². The molecule has 1 unspecified atom stereocenters. The maximum atomic E-state index is 6.29. The molecule has 0 fully saturated rings. The summed E-state index contributed by atoms with van der Waals surface area (Å²) in [5, 5.41) is 0. The normalized spacial score (nSPS) is 12.5. The summed E-state index contributed by atoms with van der Waals surface area (Å²) < 4.78 is 2.12. The highest BCUT2D eigenvalue weighted by atomic mass is 79.9. The molecule has 0 heterocycles. The number of rotatable bonds is 2. The first kappa shape index (κ1) is 12.8. The van der Waals surface area contributed by atoms with Crippen molar-refractivity contribution in [1.82, 2.24) is 0 Å². The number of hydrogen-bond donors (Lipinski definition) is 1. The van der Waals surface area contributed by atoms with Crippen LogP contribution in [0.2, 0.25) is 0 Å². The Morgan fingerprint density at radius 1 is 1.00 bits per heavy atom. The zero-order valence-electron chi connectivity index (χ0n) is 9.45. The van der Waals surface area contributed by atoms with Crippen molar-refractivity contribution >= 4 is 31.9 Å². The van der Waals surface area contributed by atoms with Crippen LogP contribution in [0.5, 0.6) is 0 Å². The summed E-state index contributed by atoms with van der Waals surface area (Å²) in [7, 11) is 0. The second kappa shape index (κ2) is 5.34. The third-order valence-corrected chi connectivity index (χ3v) is 3.97. The van der Waals surface area contributed by atoms with Gasteiger partial charge in [0.25, 0.3) is 0 Å². The molecule has 3 heteroatoms. The molecule has 0 saturated carbocycles. The van der Waals surface area contributed by atoms with Crippen LogP contribution in [0.25, 0.3) is 0 Å². The minimum absolute atomic E-state index is 0.0997. The average Bonchev–Trinajstić information content (AvgIpc) is 2.32. The maximum Gasteiger partial charge on any atom is 0.0562 e. The Balaban J connectivity index is 2.39. The zero-order chi connectivity index (χ0) is 12.4. The highest BCUT2D eigenvalue weighted by Gasteiger charge is 2.12. The molecule has 2 aromatic carbocycles. The summed E-state index contributed by atoms with van der Waals surface area (Å²) in [6, 6.07) is 14.3. The largest absolute Gasteiger partial charge is 0.320 e. The third kappa shape index (κ3) is 2.97. The molecule has 88 valence electrons. The van der Waals surface area contributed by atoms with Crippen molar-refractivity contribution in [1.29, 1.82) is 0 Å². The molecule has 2 aromatic rings. The summed E-state index contributed by atoms with van der Waals surface area (Å²) >= 11 is 6.98. The van der Waals surface area contributed by atoms with Crippen molar-refractivity contribution in [2.45, 2.75) is 13.0 Å². The van der Waals surface area contributed by atoms with Crippen LogP contribution in [0.4, 0.5) is 0 Å². The number of benzene rings is 2.